The monoisotopic (exact) mass is 373 g/mol. The minimum absolute atomic E-state index is 0.146. The molecule has 6 nitrogen and oxygen atoms in total. The molecular formula is C16H16BrN5O. The average Bonchev–Trinajstić information content (AvgIpc) is 3.17. The molecule has 0 aliphatic carbocycles. The van der Waals surface area contributed by atoms with E-state index in [4.69, 9.17) is 4.74 Å². The zero-order chi connectivity index (χ0) is 15.8. The van der Waals surface area contributed by atoms with Gasteiger partial charge in [-0.1, -0.05) is 0 Å². The lowest BCUT2D eigenvalue weighted by atomic mass is 10.3. The van der Waals surface area contributed by atoms with Gasteiger partial charge in [0.2, 0.25) is 0 Å². The molecule has 0 radical (unpaired) electrons. The van der Waals surface area contributed by atoms with Crippen LogP contribution in [0, 0.1) is 6.92 Å². The predicted molar refractivity (Wildman–Crippen MR) is 90.9 cm³/mol. The van der Waals surface area contributed by atoms with Crippen molar-refractivity contribution in [3.05, 3.63) is 47.0 Å². The van der Waals surface area contributed by atoms with E-state index in [0.717, 1.165) is 46.9 Å². The van der Waals surface area contributed by atoms with Crippen LogP contribution in [0.3, 0.4) is 0 Å². The van der Waals surface area contributed by atoms with Gasteiger partial charge in [-0.25, -0.2) is 4.98 Å². The Bertz CT molecular complexity index is 849. The Morgan fingerprint density at radius 3 is 3.09 bits per heavy atom. The van der Waals surface area contributed by atoms with Crippen LogP contribution in [0.25, 0.3) is 5.65 Å². The van der Waals surface area contributed by atoms with E-state index in [1.807, 2.05) is 23.6 Å². The maximum atomic E-state index is 6.11. The molecule has 3 aromatic rings. The number of ether oxygens (including phenoxy) is 1. The Labute approximate surface area is 142 Å². The highest BCUT2D eigenvalue weighted by Crippen LogP contribution is 2.28. The second-order valence-corrected chi connectivity index (χ2v) is 6.49. The molecule has 4 heterocycles. The van der Waals surface area contributed by atoms with Crippen molar-refractivity contribution in [3.63, 3.8) is 0 Å². The van der Waals surface area contributed by atoms with Crippen LogP contribution in [0.2, 0.25) is 0 Å². The second kappa shape index (κ2) is 5.81. The number of anilines is 1. The highest BCUT2D eigenvalue weighted by molar-refractivity contribution is 9.10. The lowest BCUT2D eigenvalue weighted by Gasteiger charge is -2.20. The van der Waals surface area contributed by atoms with Crippen LogP contribution in [0.15, 0.2) is 41.3 Å². The maximum Gasteiger partial charge on any atom is 0.157 e. The molecule has 3 aromatic heterocycles. The number of hydrogen-bond acceptors (Lipinski definition) is 5. The summed E-state index contributed by atoms with van der Waals surface area (Å²) in [4.78, 5) is 10.9. The number of aromatic nitrogens is 4. The van der Waals surface area contributed by atoms with Crippen molar-refractivity contribution < 1.29 is 4.74 Å². The SMILES string of the molecule is Cc1cc(N2CCC(Oc3ccncc3Br)C2)n2nccc2n1. The number of hydrogen-bond donors (Lipinski definition) is 0. The highest BCUT2D eigenvalue weighted by atomic mass is 79.9. The van der Waals surface area contributed by atoms with Crippen LogP contribution in [0.4, 0.5) is 5.82 Å². The lowest BCUT2D eigenvalue weighted by Crippen LogP contribution is -2.26. The minimum atomic E-state index is 0.146. The van der Waals surface area contributed by atoms with Crippen LogP contribution in [0.1, 0.15) is 12.1 Å². The van der Waals surface area contributed by atoms with E-state index in [0.29, 0.717) is 0 Å². The number of fused-ring (bicyclic) bond motifs is 1. The van der Waals surface area contributed by atoms with Crippen molar-refractivity contribution in [1.29, 1.82) is 0 Å². The molecule has 0 spiro atoms. The van der Waals surface area contributed by atoms with Crippen molar-refractivity contribution in [2.45, 2.75) is 19.4 Å². The number of halogens is 1. The first-order valence-electron chi connectivity index (χ1n) is 7.53. The van der Waals surface area contributed by atoms with Crippen LogP contribution < -0.4 is 9.64 Å². The Morgan fingerprint density at radius 1 is 1.30 bits per heavy atom. The molecule has 0 saturated carbocycles. The summed E-state index contributed by atoms with van der Waals surface area (Å²) < 4.78 is 8.88. The number of aryl methyl sites for hydroxylation is 1. The van der Waals surface area contributed by atoms with Crippen molar-refractivity contribution in [2.24, 2.45) is 0 Å². The van der Waals surface area contributed by atoms with E-state index in [1.54, 1.807) is 18.6 Å². The van der Waals surface area contributed by atoms with Gasteiger partial charge in [0.25, 0.3) is 0 Å². The molecule has 1 fully saturated rings. The molecule has 0 N–H and O–H groups in total. The summed E-state index contributed by atoms with van der Waals surface area (Å²) >= 11 is 3.48. The molecule has 0 aromatic carbocycles. The van der Waals surface area contributed by atoms with Crippen molar-refractivity contribution in [1.82, 2.24) is 19.6 Å². The largest absolute Gasteiger partial charge is 0.487 e. The summed E-state index contributed by atoms with van der Waals surface area (Å²) in [6.45, 7) is 3.77. The zero-order valence-corrected chi connectivity index (χ0v) is 14.3. The minimum Gasteiger partial charge on any atom is -0.487 e. The van der Waals surface area contributed by atoms with Gasteiger partial charge >= 0.3 is 0 Å². The average molecular weight is 374 g/mol. The van der Waals surface area contributed by atoms with Crippen molar-refractivity contribution >= 4 is 27.4 Å². The Balaban J connectivity index is 1.56. The smallest absolute Gasteiger partial charge is 0.157 e. The first-order chi connectivity index (χ1) is 11.2. The maximum absolute atomic E-state index is 6.11. The number of pyridine rings is 1. The molecule has 1 unspecified atom stereocenters. The first kappa shape index (κ1) is 14.4. The van der Waals surface area contributed by atoms with Crippen LogP contribution in [-0.4, -0.2) is 38.8 Å². The van der Waals surface area contributed by atoms with Crippen molar-refractivity contribution in [2.75, 3.05) is 18.0 Å². The molecule has 0 amide bonds. The summed E-state index contributed by atoms with van der Waals surface area (Å²) in [6.07, 6.45) is 6.39. The number of rotatable bonds is 3. The van der Waals surface area contributed by atoms with Crippen molar-refractivity contribution in [3.8, 4) is 5.75 Å². The third-order valence-electron chi connectivity index (χ3n) is 3.97. The Hall–Kier alpha value is -2.15. The van der Waals surface area contributed by atoms with Gasteiger partial charge in [-0.3, -0.25) is 4.98 Å². The van der Waals surface area contributed by atoms with E-state index in [2.05, 4.69) is 42.0 Å². The van der Waals surface area contributed by atoms with E-state index >= 15 is 0 Å². The van der Waals surface area contributed by atoms with Gasteiger partial charge in [-0.15, -0.1) is 0 Å². The van der Waals surface area contributed by atoms with Crippen LogP contribution in [-0.2, 0) is 0 Å². The summed E-state index contributed by atoms with van der Waals surface area (Å²) in [5.74, 6) is 1.90. The standard InChI is InChI=1S/C16H16BrN5O/c1-11-8-16(22-15(20-11)3-6-19-22)21-7-4-12(10-21)23-14-2-5-18-9-13(14)17/h2-3,5-6,8-9,12H,4,7,10H2,1H3. The molecular weight excluding hydrogens is 358 g/mol. The van der Waals surface area contributed by atoms with Gasteiger partial charge in [-0.05, 0) is 28.9 Å². The topological polar surface area (TPSA) is 55.5 Å². The van der Waals surface area contributed by atoms with Gasteiger partial charge in [0.05, 0.1) is 17.2 Å². The second-order valence-electron chi connectivity index (χ2n) is 5.64. The van der Waals surface area contributed by atoms with E-state index in [-0.39, 0.29) is 6.10 Å². The predicted octanol–water partition coefficient (Wildman–Crippen LogP) is 2.85. The fourth-order valence-corrected chi connectivity index (χ4v) is 3.26. The first-order valence-corrected chi connectivity index (χ1v) is 8.32. The number of nitrogens with zero attached hydrogens (tertiary/aromatic N) is 5. The third-order valence-corrected chi connectivity index (χ3v) is 4.56. The van der Waals surface area contributed by atoms with Gasteiger partial charge in [0.1, 0.15) is 17.7 Å². The molecule has 23 heavy (non-hydrogen) atoms. The van der Waals surface area contributed by atoms with Crippen LogP contribution in [0.5, 0.6) is 5.75 Å². The molecule has 1 aliphatic heterocycles. The normalized spacial score (nSPS) is 17.8. The zero-order valence-electron chi connectivity index (χ0n) is 12.7. The van der Waals surface area contributed by atoms with Crippen LogP contribution >= 0.6 is 15.9 Å². The summed E-state index contributed by atoms with van der Waals surface area (Å²) in [7, 11) is 0. The molecule has 0 bridgehead atoms. The molecule has 1 aliphatic rings. The molecule has 118 valence electrons. The third kappa shape index (κ3) is 2.76. The van der Waals surface area contributed by atoms with Gasteiger partial charge in [0, 0.05) is 43.2 Å². The van der Waals surface area contributed by atoms with Gasteiger partial charge in [0.15, 0.2) is 5.65 Å². The molecule has 1 saturated heterocycles. The van der Waals surface area contributed by atoms with E-state index < -0.39 is 0 Å². The fraction of sp³-hybridized carbons (Fsp3) is 0.312. The Kier molecular flexibility index (Phi) is 3.65. The quantitative estimate of drug-likeness (QED) is 0.706. The summed E-state index contributed by atoms with van der Waals surface area (Å²) in [5.41, 5.74) is 1.87. The van der Waals surface area contributed by atoms with Gasteiger partial charge < -0.3 is 9.64 Å². The summed E-state index contributed by atoms with van der Waals surface area (Å²) in [6, 6.07) is 5.88. The Morgan fingerprint density at radius 2 is 2.22 bits per heavy atom. The summed E-state index contributed by atoms with van der Waals surface area (Å²) in [5, 5.41) is 4.38. The highest BCUT2D eigenvalue weighted by Gasteiger charge is 2.26. The molecule has 4 rings (SSSR count). The molecule has 1 atom stereocenters. The van der Waals surface area contributed by atoms with Gasteiger partial charge in [-0.2, -0.15) is 9.61 Å². The van der Waals surface area contributed by atoms with E-state index in [1.165, 1.54) is 0 Å². The molecule has 7 heteroatoms. The van der Waals surface area contributed by atoms with E-state index in [9.17, 15) is 0 Å². The fourth-order valence-electron chi connectivity index (χ4n) is 2.91. The lowest BCUT2D eigenvalue weighted by molar-refractivity contribution is 0.223.